The maximum atomic E-state index is 12.8. The Kier molecular flexibility index (Phi) is 4.46. The van der Waals surface area contributed by atoms with Crippen molar-refractivity contribution in [2.24, 2.45) is 0 Å². The number of aromatic amines is 3. The molecule has 2 heterocycles. The molecule has 1 aliphatic carbocycles. The fourth-order valence-electron chi connectivity index (χ4n) is 4.31. The van der Waals surface area contributed by atoms with Crippen LogP contribution in [0, 0.1) is 0 Å². The van der Waals surface area contributed by atoms with Crippen LogP contribution in [0.5, 0.6) is 0 Å². The Morgan fingerprint density at radius 2 is 1.87 bits per heavy atom. The van der Waals surface area contributed by atoms with Crippen LogP contribution in [0.15, 0.2) is 52.1 Å². The van der Waals surface area contributed by atoms with E-state index in [-0.39, 0.29) is 23.3 Å². The lowest BCUT2D eigenvalue weighted by molar-refractivity contribution is 0.0925. The van der Waals surface area contributed by atoms with Crippen molar-refractivity contribution in [1.29, 1.82) is 0 Å². The van der Waals surface area contributed by atoms with Gasteiger partial charge in [-0.25, -0.2) is 9.78 Å². The number of benzene rings is 2. The smallest absolute Gasteiger partial charge is 0.326 e. The maximum Gasteiger partial charge on any atom is 0.326 e. The summed E-state index contributed by atoms with van der Waals surface area (Å²) in [5.41, 5.74) is 1.71. The number of H-pyrrole nitrogens is 3. The molecule has 0 saturated heterocycles. The summed E-state index contributed by atoms with van der Waals surface area (Å²) in [7, 11) is 0. The van der Waals surface area contributed by atoms with Crippen LogP contribution in [0.25, 0.3) is 21.9 Å². The maximum absolute atomic E-state index is 12.8. The highest BCUT2D eigenvalue weighted by molar-refractivity contribution is 5.97. The van der Waals surface area contributed by atoms with Crippen LogP contribution >= 0.6 is 0 Å². The number of imidazole rings is 1. The zero-order valence-electron chi connectivity index (χ0n) is 16.2. The Morgan fingerprint density at radius 3 is 2.73 bits per heavy atom. The largest absolute Gasteiger partial charge is 0.349 e. The van der Waals surface area contributed by atoms with Crippen molar-refractivity contribution in [3.05, 3.63) is 74.7 Å². The highest BCUT2D eigenvalue weighted by Gasteiger charge is 2.27. The number of rotatable bonds is 3. The van der Waals surface area contributed by atoms with Gasteiger partial charge in [0, 0.05) is 17.5 Å². The lowest BCUT2D eigenvalue weighted by Gasteiger charge is -2.28. The number of hydrogen-bond donors (Lipinski definition) is 4. The summed E-state index contributed by atoms with van der Waals surface area (Å²) in [6.07, 6.45) is 3.76. The number of fused-ring (bicyclic) bond motifs is 2. The van der Waals surface area contributed by atoms with Gasteiger partial charge in [-0.2, -0.15) is 0 Å². The number of hydrogen-bond acceptors (Lipinski definition) is 4. The highest BCUT2D eigenvalue weighted by atomic mass is 16.2. The quantitative estimate of drug-likeness (QED) is 0.420. The van der Waals surface area contributed by atoms with Crippen molar-refractivity contribution < 1.29 is 4.79 Å². The third-order valence-electron chi connectivity index (χ3n) is 5.81. The first-order valence-electron chi connectivity index (χ1n) is 10.1. The summed E-state index contributed by atoms with van der Waals surface area (Å²) in [5.74, 6) is 1.01. The van der Waals surface area contributed by atoms with E-state index in [2.05, 4.69) is 20.3 Å². The van der Waals surface area contributed by atoms with Crippen molar-refractivity contribution in [1.82, 2.24) is 25.3 Å². The monoisotopic (exact) mass is 403 g/mol. The molecule has 0 bridgehead atoms. The van der Waals surface area contributed by atoms with Gasteiger partial charge in [-0.1, -0.05) is 18.6 Å². The molecule has 2 atom stereocenters. The molecule has 2 unspecified atom stereocenters. The molecule has 0 radical (unpaired) electrons. The van der Waals surface area contributed by atoms with Gasteiger partial charge in [0.2, 0.25) is 0 Å². The Labute approximate surface area is 170 Å². The Hall–Kier alpha value is -3.68. The van der Waals surface area contributed by atoms with E-state index in [0.29, 0.717) is 11.1 Å². The topological polar surface area (TPSA) is 123 Å². The minimum atomic E-state index is -0.566. The van der Waals surface area contributed by atoms with Crippen molar-refractivity contribution in [2.75, 3.05) is 0 Å². The van der Waals surface area contributed by atoms with Crippen LogP contribution in [0.4, 0.5) is 0 Å². The fourth-order valence-corrected chi connectivity index (χ4v) is 4.31. The number of nitrogens with one attached hydrogen (secondary N) is 4. The summed E-state index contributed by atoms with van der Waals surface area (Å²) in [5, 5.41) is 3.38. The first-order valence-corrected chi connectivity index (χ1v) is 10.1. The Balaban J connectivity index is 1.33. The molecule has 8 heteroatoms. The second-order valence-corrected chi connectivity index (χ2v) is 7.84. The molecule has 30 heavy (non-hydrogen) atoms. The average molecular weight is 403 g/mol. The second kappa shape index (κ2) is 7.29. The van der Waals surface area contributed by atoms with Crippen LogP contribution in [0.2, 0.25) is 0 Å². The van der Waals surface area contributed by atoms with E-state index >= 15 is 0 Å². The van der Waals surface area contributed by atoms with E-state index in [1.54, 1.807) is 12.1 Å². The van der Waals surface area contributed by atoms with Crippen molar-refractivity contribution in [2.45, 2.75) is 37.6 Å². The molecular weight excluding hydrogens is 382 g/mol. The molecule has 152 valence electrons. The second-order valence-electron chi connectivity index (χ2n) is 7.84. The Morgan fingerprint density at radius 1 is 1.00 bits per heavy atom. The fraction of sp³-hybridized carbons (Fsp3) is 0.273. The number of carbonyl (C=O) groups excluding carboxylic acids is 1. The molecule has 1 saturated carbocycles. The van der Waals surface area contributed by atoms with E-state index in [1.807, 2.05) is 24.3 Å². The van der Waals surface area contributed by atoms with Gasteiger partial charge in [-0.3, -0.25) is 14.6 Å². The van der Waals surface area contributed by atoms with Gasteiger partial charge in [0.15, 0.2) is 0 Å². The van der Waals surface area contributed by atoms with Gasteiger partial charge in [0.1, 0.15) is 5.82 Å². The highest BCUT2D eigenvalue weighted by Crippen LogP contribution is 2.32. The van der Waals surface area contributed by atoms with E-state index in [1.165, 1.54) is 6.07 Å². The summed E-state index contributed by atoms with van der Waals surface area (Å²) >= 11 is 0. The summed E-state index contributed by atoms with van der Waals surface area (Å²) in [6, 6.07) is 12.7. The van der Waals surface area contributed by atoms with E-state index in [4.69, 9.17) is 4.98 Å². The van der Waals surface area contributed by atoms with Crippen LogP contribution in [0.1, 0.15) is 47.8 Å². The van der Waals surface area contributed by atoms with Gasteiger partial charge >= 0.3 is 5.69 Å². The molecular formula is C22H21N5O3. The van der Waals surface area contributed by atoms with E-state index in [0.717, 1.165) is 42.5 Å². The van der Waals surface area contributed by atoms with Crippen molar-refractivity contribution >= 4 is 27.8 Å². The minimum Gasteiger partial charge on any atom is -0.349 e. The van der Waals surface area contributed by atoms with E-state index < -0.39 is 11.2 Å². The van der Waals surface area contributed by atoms with Gasteiger partial charge in [-0.15, -0.1) is 0 Å². The van der Waals surface area contributed by atoms with Gasteiger partial charge in [0.25, 0.3) is 11.5 Å². The number of nitrogens with zero attached hydrogens (tertiary/aromatic N) is 1. The zero-order chi connectivity index (χ0) is 20.7. The first-order chi connectivity index (χ1) is 14.6. The minimum absolute atomic E-state index is 0.0361. The normalized spacial score (nSPS) is 19.2. The van der Waals surface area contributed by atoms with Gasteiger partial charge in [-0.05, 0) is 49.6 Å². The van der Waals surface area contributed by atoms with Gasteiger partial charge in [0.05, 0.1) is 21.9 Å². The van der Waals surface area contributed by atoms with Crippen LogP contribution in [-0.2, 0) is 0 Å². The third kappa shape index (κ3) is 3.41. The molecule has 0 aliphatic heterocycles. The summed E-state index contributed by atoms with van der Waals surface area (Å²) in [6.45, 7) is 0. The third-order valence-corrected chi connectivity index (χ3v) is 5.81. The molecule has 8 nitrogen and oxygen atoms in total. The molecule has 0 spiro atoms. The molecule has 4 aromatic rings. The molecule has 1 aliphatic rings. The molecule has 1 fully saturated rings. The lowest BCUT2D eigenvalue weighted by atomic mass is 9.85. The standard InChI is InChI=1S/C22H21N5O3/c28-20(13-8-9-16-15(11-13)21(29)27-22(30)26-16)23-14-5-3-4-12(10-14)19-24-17-6-1-2-7-18(17)25-19/h1-2,6-9,11-12,14H,3-5,10H2,(H,23,28)(H,24,25)(H2,26,27,29,30). The lowest BCUT2D eigenvalue weighted by Crippen LogP contribution is -2.38. The Bertz CT molecular complexity index is 1330. The molecule has 1 amide bonds. The first kappa shape index (κ1) is 18.4. The zero-order valence-corrected chi connectivity index (χ0v) is 16.2. The molecule has 2 aromatic carbocycles. The van der Waals surface area contributed by atoms with Crippen LogP contribution < -0.4 is 16.6 Å². The molecule has 2 aromatic heterocycles. The van der Waals surface area contributed by atoms with Crippen LogP contribution in [0.3, 0.4) is 0 Å². The van der Waals surface area contributed by atoms with Crippen molar-refractivity contribution in [3.63, 3.8) is 0 Å². The molecule has 5 rings (SSSR count). The van der Waals surface area contributed by atoms with Crippen molar-refractivity contribution in [3.8, 4) is 0 Å². The summed E-state index contributed by atoms with van der Waals surface area (Å²) < 4.78 is 0. The van der Waals surface area contributed by atoms with Crippen LogP contribution in [-0.4, -0.2) is 31.9 Å². The number of carbonyl (C=O) groups is 1. The molecule has 4 N–H and O–H groups in total. The van der Waals surface area contributed by atoms with E-state index in [9.17, 15) is 14.4 Å². The number of para-hydroxylation sites is 2. The summed E-state index contributed by atoms with van der Waals surface area (Å²) in [4.78, 5) is 49.1. The SMILES string of the molecule is O=C(NC1CCCC(c2nc3ccccc3[nH]2)C1)c1ccc2[nH]c(=O)[nH]c(=O)c2c1. The number of amides is 1. The van der Waals surface area contributed by atoms with Gasteiger partial charge < -0.3 is 15.3 Å². The number of aromatic nitrogens is 4. The average Bonchev–Trinajstić information content (AvgIpc) is 3.18. The predicted octanol–water partition coefficient (Wildman–Crippen LogP) is 2.55. The predicted molar refractivity (Wildman–Crippen MR) is 114 cm³/mol.